The molecule has 0 aromatic heterocycles. The van der Waals surface area contributed by atoms with Crippen molar-refractivity contribution in [2.45, 2.75) is 183 Å². The topological polar surface area (TPSA) is 18.5 Å². The molecule has 2 aliphatic heterocycles. The van der Waals surface area contributed by atoms with Crippen molar-refractivity contribution in [3.63, 3.8) is 0 Å². The summed E-state index contributed by atoms with van der Waals surface area (Å²) < 4.78 is 104. The number of ether oxygens (including phenoxy) is 2. The largest absolute Gasteiger partial charge is 0.494 e. The highest BCUT2D eigenvalue weighted by Gasteiger charge is 2.84. The van der Waals surface area contributed by atoms with Crippen molar-refractivity contribution < 1.29 is 35.8 Å². The van der Waals surface area contributed by atoms with E-state index in [2.05, 4.69) is 13.8 Å². The first-order valence-electron chi connectivity index (χ1n) is 23.1. The van der Waals surface area contributed by atoms with E-state index >= 15 is 26.3 Å². The molecule has 0 bridgehead atoms. The summed E-state index contributed by atoms with van der Waals surface area (Å²) in [5, 5.41) is 0. The van der Waals surface area contributed by atoms with Crippen molar-refractivity contribution in [2.24, 2.45) is 0 Å². The molecule has 2 atom stereocenters. The van der Waals surface area contributed by atoms with Gasteiger partial charge in [0.25, 0.3) is 0 Å². The minimum atomic E-state index is -5.60. The standard InChI is InChI=1S/C51H66F6O2S2/c1-5-7-9-11-13-15-17-19-21-23-33-58-39-29-25-37(26-30-39)43-35-41-45-46(50(54,55)51(56,57)49(45,52)53)42-36-44(61-48(42,4)47(41,3)60-43)38-27-31-40(32-28-38)59-34-24-22-20-18-16-14-12-10-8-6-2/h25-32,35-36H,5-24,33-34H2,1-4H3/t47-,48-/m1/s1. The molecule has 336 valence electrons. The van der Waals surface area contributed by atoms with Crippen LogP contribution in [0.25, 0.3) is 9.81 Å². The van der Waals surface area contributed by atoms with Gasteiger partial charge in [-0.15, -0.1) is 23.5 Å². The normalized spacial score (nSPS) is 23.2. The summed E-state index contributed by atoms with van der Waals surface area (Å²) in [7, 11) is 0. The van der Waals surface area contributed by atoms with Gasteiger partial charge in [-0.2, -0.15) is 26.3 Å². The van der Waals surface area contributed by atoms with Crippen LogP contribution in [0.15, 0.2) is 83.0 Å². The van der Waals surface area contributed by atoms with Crippen molar-refractivity contribution in [3.05, 3.63) is 94.1 Å². The molecule has 1 fully saturated rings. The Morgan fingerprint density at radius 1 is 0.426 bits per heavy atom. The first kappa shape index (κ1) is 47.8. The van der Waals surface area contributed by atoms with E-state index < -0.39 is 38.4 Å². The fourth-order valence-corrected chi connectivity index (χ4v) is 12.3. The molecule has 2 heterocycles. The van der Waals surface area contributed by atoms with E-state index in [0.717, 1.165) is 25.7 Å². The molecular weight excluding hydrogens is 823 g/mol. The zero-order valence-electron chi connectivity index (χ0n) is 36.7. The molecule has 6 rings (SSSR count). The average Bonchev–Trinajstić information content (AvgIpc) is 3.82. The number of fused-ring (bicyclic) bond motifs is 4. The Hall–Kier alpha value is -2.72. The number of unbranched alkanes of at least 4 members (excludes halogenated alkanes) is 18. The lowest BCUT2D eigenvalue weighted by Gasteiger charge is -2.47. The Morgan fingerprint density at radius 3 is 1.03 bits per heavy atom. The number of hydrogen-bond donors (Lipinski definition) is 0. The maximum atomic E-state index is 15.9. The van der Waals surface area contributed by atoms with Crippen LogP contribution in [0.3, 0.4) is 0 Å². The lowest BCUT2D eigenvalue weighted by molar-refractivity contribution is -0.258. The number of halogens is 6. The van der Waals surface area contributed by atoms with Gasteiger partial charge in [0.05, 0.1) is 22.7 Å². The summed E-state index contributed by atoms with van der Waals surface area (Å²) >= 11 is 2.54. The molecule has 0 unspecified atom stereocenters. The smallest absolute Gasteiger partial charge is 0.380 e. The van der Waals surface area contributed by atoms with Gasteiger partial charge < -0.3 is 9.47 Å². The Morgan fingerprint density at radius 2 is 0.721 bits per heavy atom. The molecule has 0 spiro atoms. The molecule has 2 nitrogen and oxygen atoms in total. The average molecular weight is 889 g/mol. The third-order valence-corrected chi connectivity index (χ3v) is 16.5. The molecule has 2 aliphatic carbocycles. The summed E-state index contributed by atoms with van der Waals surface area (Å²) in [6.07, 6.45) is 27.4. The monoisotopic (exact) mass is 888 g/mol. The Bertz CT molecular complexity index is 1760. The van der Waals surface area contributed by atoms with E-state index in [1.54, 1.807) is 13.8 Å². The lowest BCUT2D eigenvalue weighted by atomic mass is 9.71. The van der Waals surface area contributed by atoms with Crippen molar-refractivity contribution in [2.75, 3.05) is 13.2 Å². The van der Waals surface area contributed by atoms with Crippen LogP contribution in [0.1, 0.15) is 167 Å². The number of thioether (sulfide) groups is 2. The number of allylic oxidation sites excluding steroid dienone is 4. The van der Waals surface area contributed by atoms with Crippen LogP contribution < -0.4 is 9.47 Å². The minimum absolute atomic E-state index is 0.172. The number of hydrogen-bond acceptors (Lipinski definition) is 4. The highest BCUT2D eigenvalue weighted by molar-refractivity contribution is 8.14. The van der Waals surface area contributed by atoms with Gasteiger partial charge in [-0.05, 0) is 85.4 Å². The second-order valence-electron chi connectivity index (χ2n) is 17.7. The Kier molecular flexibility index (Phi) is 16.3. The van der Waals surface area contributed by atoms with Crippen molar-refractivity contribution in [3.8, 4) is 11.5 Å². The van der Waals surface area contributed by atoms with Crippen LogP contribution in [0.4, 0.5) is 26.3 Å². The summed E-state index contributed by atoms with van der Waals surface area (Å²) in [4.78, 5) is 1.11. The van der Waals surface area contributed by atoms with E-state index in [-0.39, 0.29) is 11.1 Å². The SMILES string of the molecule is CCCCCCCCCCCCOc1ccc(C2=CC3=C4C(=C5C=C(c6ccc(OCCCCCCCCCCCC)cc6)S[C@@]5(C)[C@]3(C)S2)C(F)(F)C(F)(F)C4(F)F)cc1. The fourth-order valence-electron chi connectivity index (χ4n) is 9.18. The second-order valence-corrected chi connectivity index (χ2v) is 20.6. The molecule has 2 aromatic carbocycles. The zero-order valence-corrected chi connectivity index (χ0v) is 38.4. The van der Waals surface area contributed by atoms with E-state index in [0.29, 0.717) is 45.6 Å². The minimum Gasteiger partial charge on any atom is -0.494 e. The highest BCUT2D eigenvalue weighted by Crippen LogP contribution is 2.75. The van der Waals surface area contributed by atoms with Crippen LogP contribution >= 0.6 is 23.5 Å². The molecule has 0 amide bonds. The second kappa shape index (κ2) is 20.9. The van der Waals surface area contributed by atoms with Gasteiger partial charge in [-0.3, -0.25) is 0 Å². The van der Waals surface area contributed by atoms with Crippen LogP contribution in [-0.4, -0.2) is 40.5 Å². The predicted molar refractivity (Wildman–Crippen MR) is 244 cm³/mol. The Labute approximate surface area is 369 Å². The van der Waals surface area contributed by atoms with E-state index in [9.17, 15) is 0 Å². The van der Waals surface area contributed by atoms with Crippen LogP contribution in [0.5, 0.6) is 11.5 Å². The maximum Gasteiger partial charge on any atom is 0.380 e. The molecule has 2 aromatic rings. The summed E-state index contributed by atoms with van der Waals surface area (Å²) in [5.74, 6) is -14.4. The molecule has 10 heteroatoms. The third kappa shape index (κ3) is 10.0. The van der Waals surface area contributed by atoms with E-state index in [1.807, 2.05) is 48.5 Å². The van der Waals surface area contributed by atoms with Crippen LogP contribution in [0, 0.1) is 0 Å². The maximum absolute atomic E-state index is 15.9. The zero-order chi connectivity index (χ0) is 43.7. The van der Waals surface area contributed by atoms with Gasteiger partial charge in [0, 0.05) is 21.0 Å². The van der Waals surface area contributed by atoms with Gasteiger partial charge in [0.15, 0.2) is 0 Å². The van der Waals surface area contributed by atoms with Gasteiger partial charge in [-0.25, -0.2) is 0 Å². The molecule has 0 saturated heterocycles. The highest BCUT2D eigenvalue weighted by atomic mass is 32.2. The molecule has 0 radical (unpaired) electrons. The quantitative estimate of drug-likeness (QED) is 0.0692. The van der Waals surface area contributed by atoms with Crippen LogP contribution in [-0.2, 0) is 0 Å². The van der Waals surface area contributed by atoms with Crippen molar-refractivity contribution in [1.29, 1.82) is 0 Å². The van der Waals surface area contributed by atoms with Gasteiger partial charge in [0.2, 0.25) is 0 Å². The van der Waals surface area contributed by atoms with Gasteiger partial charge in [0.1, 0.15) is 11.5 Å². The molecule has 4 aliphatic rings. The molecule has 0 N–H and O–H groups in total. The van der Waals surface area contributed by atoms with Gasteiger partial charge >= 0.3 is 17.8 Å². The Balaban J connectivity index is 1.11. The molecular formula is C51H66F6O2S2. The summed E-state index contributed by atoms with van der Waals surface area (Å²) in [5.41, 5.74) is -1.48. The predicted octanol–water partition coefficient (Wildman–Crippen LogP) is 17.2. The van der Waals surface area contributed by atoms with E-state index in [1.165, 1.54) is 138 Å². The van der Waals surface area contributed by atoms with Crippen molar-refractivity contribution in [1.82, 2.24) is 0 Å². The van der Waals surface area contributed by atoms with E-state index in [4.69, 9.17) is 9.47 Å². The number of alkyl halides is 6. The lowest BCUT2D eigenvalue weighted by Crippen LogP contribution is -2.48. The molecule has 1 saturated carbocycles. The third-order valence-electron chi connectivity index (χ3n) is 13.1. The summed E-state index contributed by atoms with van der Waals surface area (Å²) in [6.45, 7) is 9.07. The van der Waals surface area contributed by atoms with Crippen LogP contribution in [0.2, 0.25) is 0 Å². The molecule has 61 heavy (non-hydrogen) atoms. The first-order chi connectivity index (χ1) is 29.2. The van der Waals surface area contributed by atoms with Gasteiger partial charge in [-0.1, -0.05) is 154 Å². The summed E-state index contributed by atoms with van der Waals surface area (Å²) in [6, 6.07) is 14.5. The first-order valence-corrected chi connectivity index (χ1v) is 24.8. The van der Waals surface area contributed by atoms with Crippen molar-refractivity contribution >= 4 is 33.3 Å². The number of rotatable bonds is 26. The number of benzene rings is 2. The fraction of sp³-hybridized carbons (Fsp3) is 0.608.